The van der Waals surface area contributed by atoms with Crippen LogP contribution in [0.5, 0.6) is 0 Å². The van der Waals surface area contributed by atoms with Gasteiger partial charge in [-0.2, -0.15) is 13.2 Å². The highest BCUT2D eigenvalue weighted by Crippen LogP contribution is 2.36. The maximum absolute atomic E-state index is 12.2. The first kappa shape index (κ1) is 15.9. The fourth-order valence-electron chi connectivity index (χ4n) is 1.82. The summed E-state index contributed by atoms with van der Waals surface area (Å²) in [5, 5.41) is 3.29. The summed E-state index contributed by atoms with van der Waals surface area (Å²) in [5.41, 5.74) is -2.38. The van der Waals surface area contributed by atoms with Gasteiger partial charge in [-0.05, 0) is 48.5 Å². The highest BCUT2D eigenvalue weighted by Gasteiger charge is 2.28. The molecule has 21 heavy (non-hydrogen) atoms. The molecule has 6 heteroatoms. The Morgan fingerprint density at radius 2 is 1.86 bits per heavy atom. The lowest BCUT2D eigenvalue weighted by Gasteiger charge is -2.13. The van der Waals surface area contributed by atoms with Crippen molar-refractivity contribution in [1.29, 1.82) is 0 Å². The summed E-state index contributed by atoms with van der Waals surface area (Å²) >= 11 is -0.0997. The number of halogens is 3. The van der Waals surface area contributed by atoms with Crippen molar-refractivity contribution in [3.63, 3.8) is 0 Å². The number of nitrogens with one attached hydrogen (secondary N) is 1. The van der Waals surface area contributed by atoms with Gasteiger partial charge in [0, 0.05) is 23.7 Å². The minimum absolute atomic E-state index is 0.0791. The van der Waals surface area contributed by atoms with E-state index in [4.69, 9.17) is 0 Å². The van der Waals surface area contributed by atoms with Crippen molar-refractivity contribution in [1.82, 2.24) is 10.3 Å². The van der Waals surface area contributed by atoms with Gasteiger partial charge < -0.3 is 5.32 Å². The standard InChI is InChI=1S/C15H15F3N2S/c1-11(14-4-2-3-9-19-14)20-10-12-5-7-13(8-6-12)21-15(16,17)18/h2-9,11,20H,10H2,1H3/t11-/m1/s1. The minimum atomic E-state index is -4.24. The molecule has 112 valence electrons. The van der Waals surface area contributed by atoms with Crippen LogP contribution in [0.1, 0.15) is 24.2 Å². The van der Waals surface area contributed by atoms with E-state index in [1.807, 2.05) is 25.1 Å². The quantitative estimate of drug-likeness (QED) is 0.820. The minimum Gasteiger partial charge on any atom is -0.305 e. The maximum Gasteiger partial charge on any atom is 0.446 e. The number of hydrogen-bond acceptors (Lipinski definition) is 3. The smallest absolute Gasteiger partial charge is 0.305 e. The highest BCUT2D eigenvalue weighted by atomic mass is 32.2. The molecule has 2 aromatic rings. The molecule has 1 atom stereocenters. The predicted octanol–water partition coefficient (Wildman–Crippen LogP) is 4.54. The molecule has 0 amide bonds. The normalized spacial score (nSPS) is 13.1. The Balaban J connectivity index is 1.89. The summed E-state index contributed by atoms with van der Waals surface area (Å²) in [5.74, 6) is 0. The van der Waals surface area contributed by atoms with Crippen molar-refractivity contribution >= 4 is 11.8 Å². The second-order valence-corrected chi connectivity index (χ2v) is 5.69. The van der Waals surface area contributed by atoms with Crippen LogP contribution in [0.4, 0.5) is 13.2 Å². The molecule has 1 heterocycles. The Bertz CT molecular complexity index is 555. The molecule has 0 aliphatic heterocycles. The SMILES string of the molecule is C[C@@H](NCc1ccc(SC(F)(F)F)cc1)c1ccccn1. The molecule has 2 rings (SSSR count). The second-order valence-electron chi connectivity index (χ2n) is 4.55. The van der Waals surface area contributed by atoms with Gasteiger partial charge in [0.25, 0.3) is 0 Å². The number of aromatic nitrogens is 1. The molecule has 0 fully saturated rings. The Morgan fingerprint density at radius 3 is 2.43 bits per heavy atom. The molecule has 2 nitrogen and oxygen atoms in total. The topological polar surface area (TPSA) is 24.9 Å². The van der Waals surface area contributed by atoms with Gasteiger partial charge in [0.15, 0.2) is 0 Å². The van der Waals surface area contributed by atoms with Crippen LogP contribution >= 0.6 is 11.8 Å². The number of nitrogens with zero attached hydrogens (tertiary/aromatic N) is 1. The van der Waals surface area contributed by atoms with Crippen molar-refractivity contribution in [2.24, 2.45) is 0 Å². The van der Waals surface area contributed by atoms with Crippen LogP contribution in [0.25, 0.3) is 0 Å². The van der Waals surface area contributed by atoms with Gasteiger partial charge in [-0.1, -0.05) is 18.2 Å². The van der Waals surface area contributed by atoms with Gasteiger partial charge in [-0.25, -0.2) is 0 Å². The van der Waals surface area contributed by atoms with E-state index in [2.05, 4.69) is 10.3 Å². The van der Waals surface area contributed by atoms with Gasteiger partial charge in [0.1, 0.15) is 0 Å². The number of hydrogen-bond donors (Lipinski definition) is 1. The average Bonchev–Trinajstić information content (AvgIpc) is 2.45. The molecule has 1 aromatic carbocycles. The summed E-state index contributed by atoms with van der Waals surface area (Å²) in [4.78, 5) is 4.45. The first-order valence-corrected chi connectivity index (χ1v) is 7.25. The summed E-state index contributed by atoms with van der Waals surface area (Å²) < 4.78 is 36.7. The Hall–Kier alpha value is -1.53. The molecule has 0 saturated heterocycles. The lowest BCUT2D eigenvalue weighted by Crippen LogP contribution is -2.18. The molecule has 0 bridgehead atoms. The first-order chi connectivity index (χ1) is 9.94. The van der Waals surface area contributed by atoms with Crippen molar-refractivity contribution in [2.75, 3.05) is 0 Å². The molecule has 1 N–H and O–H groups in total. The zero-order valence-corrected chi connectivity index (χ0v) is 12.2. The van der Waals surface area contributed by atoms with Crippen LogP contribution in [-0.2, 0) is 6.54 Å². The number of benzene rings is 1. The van der Waals surface area contributed by atoms with Gasteiger partial charge in [-0.3, -0.25) is 4.98 Å². The molecule has 0 unspecified atom stereocenters. The average molecular weight is 312 g/mol. The van der Waals surface area contributed by atoms with Gasteiger partial charge in [0.05, 0.1) is 5.69 Å². The molecule has 0 aliphatic carbocycles. The van der Waals surface area contributed by atoms with Crippen molar-refractivity contribution in [2.45, 2.75) is 29.9 Å². The summed E-state index contributed by atoms with van der Waals surface area (Å²) in [6.07, 6.45) is 1.73. The summed E-state index contributed by atoms with van der Waals surface area (Å²) in [6.45, 7) is 2.57. The molecule has 1 aromatic heterocycles. The second kappa shape index (κ2) is 6.95. The predicted molar refractivity (Wildman–Crippen MR) is 77.8 cm³/mol. The highest BCUT2D eigenvalue weighted by molar-refractivity contribution is 8.00. The third-order valence-corrected chi connectivity index (χ3v) is 3.64. The van der Waals surface area contributed by atoms with E-state index in [0.717, 1.165) is 11.3 Å². The van der Waals surface area contributed by atoms with Crippen LogP contribution in [0.15, 0.2) is 53.6 Å². The summed E-state index contributed by atoms with van der Waals surface area (Å²) in [6, 6.07) is 12.2. The van der Waals surface area contributed by atoms with E-state index < -0.39 is 5.51 Å². The largest absolute Gasteiger partial charge is 0.446 e. The van der Waals surface area contributed by atoms with Gasteiger partial charge >= 0.3 is 5.51 Å². The van der Waals surface area contributed by atoms with E-state index in [1.165, 1.54) is 12.1 Å². The van der Waals surface area contributed by atoms with E-state index >= 15 is 0 Å². The van der Waals surface area contributed by atoms with Gasteiger partial charge in [0.2, 0.25) is 0 Å². The van der Waals surface area contributed by atoms with Crippen molar-refractivity contribution in [3.05, 3.63) is 59.9 Å². The molecular weight excluding hydrogens is 297 g/mol. The maximum atomic E-state index is 12.2. The lowest BCUT2D eigenvalue weighted by atomic mass is 10.2. The van der Waals surface area contributed by atoms with Crippen LogP contribution in [-0.4, -0.2) is 10.5 Å². The van der Waals surface area contributed by atoms with E-state index in [9.17, 15) is 13.2 Å². The van der Waals surface area contributed by atoms with Crippen LogP contribution in [0.3, 0.4) is 0 Å². The fraction of sp³-hybridized carbons (Fsp3) is 0.267. The number of thioether (sulfide) groups is 1. The lowest BCUT2D eigenvalue weighted by molar-refractivity contribution is -0.0328. The third-order valence-electron chi connectivity index (χ3n) is 2.90. The Morgan fingerprint density at radius 1 is 1.14 bits per heavy atom. The van der Waals surface area contributed by atoms with E-state index in [-0.39, 0.29) is 22.7 Å². The molecule has 0 aliphatic rings. The Kier molecular flexibility index (Phi) is 5.25. The molecular formula is C15H15F3N2S. The third kappa shape index (κ3) is 5.40. The molecule has 0 radical (unpaired) electrons. The monoisotopic (exact) mass is 312 g/mol. The fourth-order valence-corrected chi connectivity index (χ4v) is 2.36. The number of rotatable bonds is 5. The van der Waals surface area contributed by atoms with E-state index in [0.29, 0.717) is 6.54 Å². The number of alkyl halides is 3. The Labute approximate surface area is 125 Å². The number of pyridine rings is 1. The zero-order valence-electron chi connectivity index (χ0n) is 11.4. The van der Waals surface area contributed by atoms with E-state index in [1.54, 1.807) is 18.3 Å². The van der Waals surface area contributed by atoms with Crippen LogP contribution < -0.4 is 5.32 Å². The summed E-state index contributed by atoms with van der Waals surface area (Å²) in [7, 11) is 0. The van der Waals surface area contributed by atoms with Crippen molar-refractivity contribution in [3.8, 4) is 0 Å². The van der Waals surface area contributed by atoms with Gasteiger partial charge in [-0.15, -0.1) is 0 Å². The molecule has 0 spiro atoms. The zero-order chi connectivity index (χ0) is 15.3. The van der Waals surface area contributed by atoms with Crippen LogP contribution in [0.2, 0.25) is 0 Å². The van der Waals surface area contributed by atoms with Crippen LogP contribution in [0, 0.1) is 0 Å². The first-order valence-electron chi connectivity index (χ1n) is 6.43. The van der Waals surface area contributed by atoms with Crippen molar-refractivity contribution < 1.29 is 13.2 Å². The molecule has 0 saturated carbocycles.